The topological polar surface area (TPSA) is 3.88 Å². The Bertz CT molecular complexity index is 751. The van der Waals surface area contributed by atoms with E-state index in [1.54, 1.807) is 9.96 Å². The van der Waals surface area contributed by atoms with E-state index >= 15 is 0 Å². The van der Waals surface area contributed by atoms with Gasteiger partial charge in [0.2, 0.25) is 0 Å². The first-order valence-corrected chi connectivity index (χ1v) is 17.0. The normalized spacial score (nSPS) is 12.3. The summed E-state index contributed by atoms with van der Waals surface area (Å²) in [6.45, 7) is 11.4. The molecular formula is C23H36GeN+. The molecule has 0 bridgehead atoms. The van der Waals surface area contributed by atoms with E-state index < -0.39 is 13.3 Å². The third-order valence-electron chi connectivity index (χ3n) is 4.99. The van der Waals surface area contributed by atoms with Crippen LogP contribution in [0.25, 0.3) is 11.3 Å². The average molecular weight is 399 g/mol. The van der Waals surface area contributed by atoms with Gasteiger partial charge in [-0.3, -0.25) is 0 Å². The number of hydrogen-bond donors (Lipinski definition) is 0. The molecule has 0 unspecified atom stereocenters. The number of nitrogens with zero attached hydrogens (tertiary/aromatic N) is 1. The van der Waals surface area contributed by atoms with E-state index in [2.05, 4.69) is 94.0 Å². The van der Waals surface area contributed by atoms with Crippen LogP contribution >= 0.6 is 0 Å². The molecule has 1 aromatic carbocycles. The summed E-state index contributed by atoms with van der Waals surface area (Å²) in [4.78, 5) is 0. The van der Waals surface area contributed by atoms with Crippen LogP contribution in [0, 0.1) is 12.8 Å². The van der Waals surface area contributed by atoms with Crippen LogP contribution in [0.3, 0.4) is 0 Å². The van der Waals surface area contributed by atoms with Crippen LogP contribution in [-0.2, 0) is 13.5 Å². The Hall–Kier alpha value is -1.09. The molecule has 0 saturated heterocycles. The zero-order chi connectivity index (χ0) is 18.9. The van der Waals surface area contributed by atoms with Gasteiger partial charge in [-0.15, -0.1) is 0 Å². The first kappa shape index (κ1) is 20.2. The molecule has 0 amide bonds. The molecule has 0 aliphatic rings. The molecule has 25 heavy (non-hydrogen) atoms. The van der Waals surface area contributed by atoms with Crippen LogP contribution in [0.2, 0.25) is 17.3 Å². The van der Waals surface area contributed by atoms with Crippen LogP contribution in [0.1, 0.15) is 50.3 Å². The van der Waals surface area contributed by atoms with E-state index in [0.717, 1.165) is 0 Å². The fraction of sp³-hybridized carbons (Fsp3) is 0.522. The summed E-state index contributed by atoms with van der Waals surface area (Å²) in [7, 11) is 2.21. The maximum absolute atomic E-state index is 2.50. The molecule has 136 valence electrons. The van der Waals surface area contributed by atoms with E-state index in [1.807, 2.05) is 0 Å². The summed E-state index contributed by atoms with van der Waals surface area (Å²) >= 11 is -1.89. The van der Waals surface area contributed by atoms with Crippen LogP contribution in [0.4, 0.5) is 0 Å². The zero-order valence-electron chi connectivity index (χ0n) is 17.7. The Labute approximate surface area is 157 Å². The predicted molar refractivity (Wildman–Crippen MR) is 113 cm³/mol. The Morgan fingerprint density at radius 3 is 2.12 bits per heavy atom. The molecule has 1 nitrogen and oxygen atoms in total. The van der Waals surface area contributed by atoms with E-state index in [1.165, 1.54) is 28.8 Å². The summed E-state index contributed by atoms with van der Waals surface area (Å²) in [5, 5.41) is 0. The van der Waals surface area contributed by atoms with Crippen molar-refractivity contribution < 1.29 is 4.57 Å². The van der Waals surface area contributed by atoms with Gasteiger partial charge in [-0.25, -0.2) is 0 Å². The number of hydrogen-bond acceptors (Lipinski definition) is 0. The zero-order valence-corrected chi connectivity index (χ0v) is 19.8. The van der Waals surface area contributed by atoms with Crippen LogP contribution in [0.5, 0.6) is 0 Å². The van der Waals surface area contributed by atoms with Crippen LogP contribution in [-0.4, -0.2) is 13.3 Å². The van der Waals surface area contributed by atoms with Gasteiger partial charge in [0.1, 0.15) is 0 Å². The number of pyridine rings is 1. The SMILES string of the molecule is Cc1cc(C(C)C)ccc1-c1cc(CC(C)C)[c]([Ge]([CH3])([CH3])[CH3])c[n+]1C. The third-order valence-corrected chi connectivity index (χ3v) is 9.32. The Kier molecular flexibility index (Phi) is 6.19. The fourth-order valence-electron chi connectivity index (χ4n) is 3.58. The molecule has 0 spiro atoms. The second-order valence-electron chi connectivity index (χ2n) is 9.29. The quantitative estimate of drug-likeness (QED) is 0.471. The average Bonchev–Trinajstić information content (AvgIpc) is 2.47. The summed E-state index contributed by atoms with van der Waals surface area (Å²) in [5.41, 5.74) is 7.08. The summed E-state index contributed by atoms with van der Waals surface area (Å²) in [6.07, 6.45) is 3.61. The number of benzene rings is 1. The number of aromatic nitrogens is 1. The van der Waals surface area contributed by atoms with E-state index in [9.17, 15) is 0 Å². The van der Waals surface area contributed by atoms with E-state index in [0.29, 0.717) is 11.8 Å². The molecule has 1 heterocycles. The molecule has 0 N–H and O–H groups in total. The number of aryl methyl sites for hydroxylation is 2. The van der Waals surface area contributed by atoms with Gasteiger partial charge in [0.05, 0.1) is 0 Å². The second kappa shape index (κ2) is 7.65. The Balaban J connectivity index is 2.63. The van der Waals surface area contributed by atoms with Crippen LogP contribution in [0.15, 0.2) is 30.5 Å². The van der Waals surface area contributed by atoms with Crippen molar-refractivity contribution in [3.8, 4) is 11.3 Å². The van der Waals surface area contributed by atoms with Gasteiger partial charge in [0.25, 0.3) is 0 Å². The molecule has 2 aromatic rings. The van der Waals surface area contributed by atoms with Gasteiger partial charge >= 0.3 is 158 Å². The molecule has 0 aliphatic carbocycles. The van der Waals surface area contributed by atoms with E-state index in [4.69, 9.17) is 0 Å². The van der Waals surface area contributed by atoms with Gasteiger partial charge in [-0.2, -0.15) is 0 Å². The monoisotopic (exact) mass is 400 g/mol. The van der Waals surface area contributed by atoms with Gasteiger partial charge in [-0.05, 0) is 0 Å². The second-order valence-corrected chi connectivity index (χ2v) is 19.9. The van der Waals surface area contributed by atoms with Crippen molar-refractivity contribution in [3.05, 3.63) is 47.2 Å². The number of rotatable bonds is 5. The van der Waals surface area contributed by atoms with E-state index in [-0.39, 0.29) is 0 Å². The third kappa shape index (κ3) is 4.75. The van der Waals surface area contributed by atoms with Crippen molar-refractivity contribution in [2.75, 3.05) is 0 Å². The molecular weight excluding hydrogens is 363 g/mol. The van der Waals surface area contributed by atoms with Gasteiger partial charge < -0.3 is 0 Å². The first-order valence-electron chi connectivity index (χ1n) is 9.64. The Morgan fingerprint density at radius 1 is 1.00 bits per heavy atom. The summed E-state index contributed by atoms with van der Waals surface area (Å²) < 4.78 is 4.00. The van der Waals surface area contributed by atoms with Crippen molar-refractivity contribution in [1.82, 2.24) is 0 Å². The molecule has 0 radical (unpaired) electrons. The molecule has 0 atom stereocenters. The molecule has 0 fully saturated rings. The van der Waals surface area contributed by atoms with Crippen molar-refractivity contribution in [3.63, 3.8) is 0 Å². The van der Waals surface area contributed by atoms with Gasteiger partial charge in [0, 0.05) is 0 Å². The summed E-state index contributed by atoms with van der Waals surface area (Å²) in [5.74, 6) is 8.77. The predicted octanol–water partition coefficient (Wildman–Crippen LogP) is 5.35. The Morgan fingerprint density at radius 2 is 1.64 bits per heavy atom. The molecule has 1 aromatic heterocycles. The van der Waals surface area contributed by atoms with Crippen molar-refractivity contribution in [2.45, 2.75) is 64.2 Å². The minimum absolute atomic E-state index is 0.578. The molecule has 0 saturated carbocycles. The standard InChI is InChI=1S/C23H36GeN/c1-16(2)12-20-14-23(25(9)15-22(20)24(6,7)8)21-11-10-19(17(3)4)13-18(21)5/h10-11,13-17H,12H2,1-9H3/q+1. The van der Waals surface area contributed by atoms with Crippen LogP contribution < -0.4 is 8.96 Å². The minimum atomic E-state index is -1.89. The first-order chi connectivity index (χ1) is 11.5. The molecule has 2 heteroatoms. The van der Waals surface area contributed by atoms with Crippen molar-refractivity contribution in [1.29, 1.82) is 0 Å². The fourth-order valence-corrected chi connectivity index (χ4v) is 7.18. The molecule has 0 aliphatic heterocycles. The van der Waals surface area contributed by atoms with Gasteiger partial charge in [0.15, 0.2) is 0 Å². The van der Waals surface area contributed by atoms with Crippen molar-refractivity contribution >= 4 is 17.7 Å². The van der Waals surface area contributed by atoms with Gasteiger partial charge in [-0.1, -0.05) is 0 Å². The maximum atomic E-state index is 2.50. The summed E-state index contributed by atoms with van der Waals surface area (Å²) in [6, 6.07) is 9.45. The van der Waals surface area contributed by atoms with Crippen molar-refractivity contribution in [2.24, 2.45) is 13.0 Å². The molecule has 2 rings (SSSR count).